The minimum absolute atomic E-state index is 0.0254. The van der Waals surface area contributed by atoms with Crippen molar-refractivity contribution < 1.29 is 9.59 Å². The van der Waals surface area contributed by atoms with E-state index in [2.05, 4.69) is 16.0 Å². The summed E-state index contributed by atoms with van der Waals surface area (Å²) in [6.07, 6.45) is 3.20. The van der Waals surface area contributed by atoms with Crippen LogP contribution >= 0.6 is 11.3 Å². The van der Waals surface area contributed by atoms with E-state index in [0.29, 0.717) is 18.9 Å². The van der Waals surface area contributed by atoms with E-state index < -0.39 is 0 Å². The van der Waals surface area contributed by atoms with Gasteiger partial charge in [0.05, 0.1) is 10.7 Å². The second-order valence-corrected chi connectivity index (χ2v) is 8.46. The van der Waals surface area contributed by atoms with Crippen molar-refractivity contribution in [3.05, 3.63) is 16.1 Å². The van der Waals surface area contributed by atoms with Crippen LogP contribution in [-0.4, -0.2) is 47.0 Å². The summed E-state index contributed by atoms with van der Waals surface area (Å²) in [7, 11) is 0. The Morgan fingerprint density at radius 1 is 1.32 bits per heavy atom. The molecular weight excluding hydrogens is 336 g/mol. The van der Waals surface area contributed by atoms with Crippen molar-refractivity contribution in [2.75, 3.05) is 19.6 Å². The van der Waals surface area contributed by atoms with Gasteiger partial charge in [0.2, 0.25) is 5.91 Å². The number of thiazole rings is 1. The van der Waals surface area contributed by atoms with E-state index in [0.717, 1.165) is 43.1 Å². The Morgan fingerprint density at radius 2 is 2.00 bits per heavy atom. The van der Waals surface area contributed by atoms with Gasteiger partial charge in [-0.15, -0.1) is 11.3 Å². The van der Waals surface area contributed by atoms with E-state index in [-0.39, 0.29) is 17.5 Å². The minimum Gasteiger partial charge on any atom is -0.356 e. The van der Waals surface area contributed by atoms with E-state index in [1.54, 1.807) is 11.3 Å². The zero-order valence-electron chi connectivity index (χ0n) is 15.7. The summed E-state index contributed by atoms with van der Waals surface area (Å²) in [5, 5.41) is 9.15. The van der Waals surface area contributed by atoms with Crippen LogP contribution in [0.1, 0.15) is 63.6 Å². The van der Waals surface area contributed by atoms with Crippen LogP contribution in [0.15, 0.2) is 5.38 Å². The zero-order chi connectivity index (χ0) is 18.4. The molecule has 6 nitrogen and oxygen atoms in total. The van der Waals surface area contributed by atoms with Gasteiger partial charge in [-0.25, -0.2) is 9.78 Å². The zero-order valence-corrected chi connectivity index (χ0v) is 16.5. The highest BCUT2D eigenvalue weighted by atomic mass is 32.1. The number of nitrogens with zero attached hydrogens (tertiary/aromatic N) is 2. The van der Waals surface area contributed by atoms with Gasteiger partial charge in [-0.3, -0.25) is 4.79 Å². The first-order chi connectivity index (χ1) is 11.8. The van der Waals surface area contributed by atoms with E-state index in [4.69, 9.17) is 4.98 Å². The Hall–Kier alpha value is -1.63. The van der Waals surface area contributed by atoms with E-state index >= 15 is 0 Å². The Labute approximate surface area is 154 Å². The first-order valence-corrected chi connectivity index (χ1v) is 9.94. The van der Waals surface area contributed by atoms with Crippen LogP contribution in [0.25, 0.3) is 0 Å². The topological polar surface area (TPSA) is 74.3 Å². The standard InChI is InChI=1S/C18H30N4O2S/c1-5-15(23)19-9-6-14-12-25-16(20-14)13-7-10-22(11-8-13)17(24)21-18(2,3)4/h12-13H,5-11H2,1-4H3,(H,19,23)(H,21,24). The van der Waals surface area contributed by atoms with Gasteiger partial charge in [0.1, 0.15) is 0 Å². The Kier molecular flexibility index (Phi) is 6.81. The number of urea groups is 1. The molecule has 1 aromatic heterocycles. The third-order valence-electron chi connectivity index (χ3n) is 4.21. The maximum Gasteiger partial charge on any atom is 0.317 e. The van der Waals surface area contributed by atoms with E-state index in [1.165, 1.54) is 0 Å². The monoisotopic (exact) mass is 366 g/mol. The molecule has 0 unspecified atom stereocenters. The number of carbonyl (C=O) groups excluding carboxylic acids is 2. The van der Waals surface area contributed by atoms with Crippen molar-refractivity contribution in [3.63, 3.8) is 0 Å². The first kappa shape index (κ1) is 19.7. The molecule has 0 bridgehead atoms. The van der Waals surface area contributed by atoms with Gasteiger partial charge in [0.15, 0.2) is 0 Å². The minimum atomic E-state index is -0.203. The fraction of sp³-hybridized carbons (Fsp3) is 0.722. The van der Waals surface area contributed by atoms with Crippen molar-refractivity contribution >= 4 is 23.3 Å². The summed E-state index contributed by atoms with van der Waals surface area (Å²) in [6, 6.07) is 0.0254. The predicted octanol–water partition coefficient (Wildman–Crippen LogP) is 2.90. The highest BCUT2D eigenvalue weighted by Crippen LogP contribution is 2.30. The van der Waals surface area contributed by atoms with Gasteiger partial charge in [-0.2, -0.15) is 0 Å². The molecule has 0 aromatic carbocycles. The second-order valence-electron chi connectivity index (χ2n) is 7.57. The number of likely N-dealkylation sites (tertiary alicyclic amines) is 1. The Balaban J connectivity index is 1.79. The van der Waals surface area contributed by atoms with Gasteiger partial charge < -0.3 is 15.5 Å². The Morgan fingerprint density at radius 3 is 2.60 bits per heavy atom. The largest absolute Gasteiger partial charge is 0.356 e. The van der Waals surface area contributed by atoms with Crippen LogP contribution < -0.4 is 10.6 Å². The summed E-state index contributed by atoms with van der Waals surface area (Å²) >= 11 is 1.70. The number of aromatic nitrogens is 1. The number of hydrogen-bond donors (Lipinski definition) is 2. The van der Waals surface area contributed by atoms with Crippen LogP contribution in [0.4, 0.5) is 4.79 Å². The van der Waals surface area contributed by atoms with Crippen molar-refractivity contribution in [3.8, 4) is 0 Å². The molecule has 2 heterocycles. The van der Waals surface area contributed by atoms with Gasteiger partial charge in [0, 0.05) is 49.3 Å². The summed E-state index contributed by atoms with van der Waals surface area (Å²) in [5.74, 6) is 0.513. The third kappa shape index (κ3) is 6.30. The molecule has 140 valence electrons. The van der Waals surface area contributed by atoms with Crippen molar-refractivity contribution in [1.82, 2.24) is 20.5 Å². The average Bonchev–Trinajstić information content (AvgIpc) is 3.02. The van der Waals surface area contributed by atoms with Crippen LogP contribution in [0.3, 0.4) is 0 Å². The molecule has 3 amide bonds. The van der Waals surface area contributed by atoms with Crippen molar-refractivity contribution in [2.45, 2.75) is 64.8 Å². The average molecular weight is 367 g/mol. The van der Waals surface area contributed by atoms with Crippen LogP contribution in [0.5, 0.6) is 0 Å². The molecule has 0 saturated carbocycles. The summed E-state index contributed by atoms with van der Waals surface area (Å²) in [5.41, 5.74) is 0.843. The van der Waals surface area contributed by atoms with Crippen molar-refractivity contribution in [2.24, 2.45) is 0 Å². The lowest BCUT2D eigenvalue weighted by molar-refractivity contribution is -0.120. The first-order valence-electron chi connectivity index (χ1n) is 9.06. The van der Waals surface area contributed by atoms with Gasteiger partial charge in [0.25, 0.3) is 0 Å². The lowest BCUT2D eigenvalue weighted by Crippen LogP contribution is -2.50. The van der Waals surface area contributed by atoms with Gasteiger partial charge in [-0.05, 0) is 33.6 Å². The molecule has 1 saturated heterocycles. The summed E-state index contributed by atoms with van der Waals surface area (Å²) < 4.78 is 0. The molecule has 0 radical (unpaired) electrons. The molecule has 2 rings (SSSR count). The molecule has 0 spiro atoms. The number of rotatable bonds is 5. The number of carbonyl (C=O) groups is 2. The summed E-state index contributed by atoms with van der Waals surface area (Å²) in [6.45, 7) is 10.0. The fourth-order valence-corrected chi connectivity index (χ4v) is 3.83. The number of piperidine rings is 1. The third-order valence-corrected chi connectivity index (χ3v) is 5.26. The molecule has 0 atom stereocenters. The smallest absolute Gasteiger partial charge is 0.317 e. The lowest BCUT2D eigenvalue weighted by atomic mass is 9.97. The molecule has 1 aliphatic heterocycles. The molecule has 7 heteroatoms. The van der Waals surface area contributed by atoms with Gasteiger partial charge in [-0.1, -0.05) is 6.92 Å². The highest BCUT2D eigenvalue weighted by Gasteiger charge is 2.27. The summed E-state index contributed by atoms with van der Waals surface area (Å²) in [4.78, 5) is 30.1. The van der Waals surface area contributed by atoms with Crippen molar-refractivity contribution in [1.29, 1.82) is 0 Å². The molecule has 2 N–H and O–H groups in total. The van der Waals surface area contributed by atoms with Crippen LogP contribution in [-0.2, 0) is 11.2 Å². The molecule has 1 fully saturated rings. The molecule has 25 heavy (non-hydrogen) atoms. The number of nitrogens with one attached hydrogen (secondary N) is 2. The highest BCUT2D eigenvalue weighted by molar-refractivity contribution is 7.09. The Bertz CT molecular complexity index is 586. The number of hydrogen-bond acceptors (Lipinski definition) is 4. The SMILES string of the molecule is CCC(=O)NCCc1csc(C2CCN(C(=O)NC(C)(C)C)CC2)n1. The molecule has 0 aliphatic carbocycles. The van der Waals surface area contributed by atoms with E-state index in [9.17, 15) is 9.59 Å². The van der Waals surface area contributed by atoms with E-state index in [1.807, 2.05) is 32.6 Å². The predicted molar refractivity (Wildman–Crippen MR) is 101 cm³/mol. The van der Waals surface area contributed by atoms with Gasteiger partial charge >= 0.3 is 6.03 Å². The fourth-order valence-electron chi connectivity index (χ4n) is 2.81. The van der Waals surface area contributed by atoms with Crippen LogP contribution in [0.2, 0.25) is 0 Å². The lowest BCUT2D eigenvalue weighted by Gasteiger charge is -2.33. The molecule has 1 aromatic rings. The maximum absolute atomic E-state index is 12.2. The quantitative estimate of drug-likeness (QED) is 0.841. The molecule has 1 aliphatic rings. The second kappa shape index (κ2) is 8.65. The molecular formula is C18H30N4O2S. The van der Waals surface area contributed by atoms with Crippen LogP contribution in [0, 0.1) is 0 Å². The maximum atomic E-state index is 12.2. The number of amides is 3. The normalized spacial score (nSPS) is 15.9.